The summed E-state index contributed by atoms with van der Waals surface area (Å²) in [6.07, 6.45) is 0.00702. The summed E-state index contributed by atoms with van der Waals surface area (Å²) in [6, 6.07) is 21.8. The zero-order chi connectivity index (χ0) is 42.0. The molecule has 5 atom stereocenters. The van der Waals surface area contributed by atoms with Crippen LogP contribution >= 0.6 is 0 Å². The third kappa shape index (κ3) is 9.09. The van der Waals surface area contributed by atoms with Gasteiger partial charge in [0.15, 0.2) is 0 Å². The van der Waals surface area contributed by atoms with E-state index in [1.54, 1.807) is 66.0 Å². The fourth-order valence-corrected chi connectivity index (χ4v) is 8.11. The Hall–Kier alpha value is -5.96. The predicted octanol–water partition coefficient (Wildman–Crippen LogP) is 5.37. The number of hydrogen-bond acceptors (Lipinski definition) is 10. The van der Waals surface area contributed by atoms with Gasteiger partial charge in [0.1, 0.15) is 40.8 Å². The van der Waals surface area contributed by atoms with Crippen molar-refractivity contribution in [3.05, 3.63) is 97.6 Å². The average molecular weight is 812 g/mol. The van der Waals surface area contributed by atoms with Gasteiger partial charge in [-0.3, -0.25) is 14.4 Å². The van der Waals surface area contributed by atoms with E-state index in [-0.39, 0.29) is 24.3 Å². The van der Waals surface area contributed by atoms with Gasteiger partial charge in [0, 0.05) is 35.4 Å². The third-order valence-electron chi connectivity index (χ3n) is 10.1. The van der Waals surface area contributed by atoms with E-state index >= 15 is 0 Å². The zero-order valence-electron chi connectivity index (χ0n) is 33.4. The first-order chi connectivity index (χ1) is 27.4. The van der Waals surface area contributed by atoms with Crippen LogP contribution in [0.15, 0.2) is 102 Å². The highest BCUT2D eigenvalue weighted by Crippen LogP contribution is 2.45. The van der Waals surface area contributed by atoms with E-state index in [0.717, 1.165) is 5.56 Å². The molecule has 1 saturated heterocycles. The molecule has 15 heteroatoms. The van der Waals surface area contributed by atoms with E-state index in [4.69, 9.17) is 19.2 Å². The minimum atomic E-state index is -4.28. The molecule has 1 saturated carbocycles. The molecule has 0 bridgehead atoms. The highest BCUT2D eigenvalue weighted by Gasteiger charge is 2.61. The number of alkyl carbamates (subject to hydrolysis) is 1. The maximum absolute atomic E-state index is 14.5. The highest BCUT2D eigenvalue weighted by atomic mass is 32.2. The van der Waals surface area contributed by atoms with Gasteiger partial charge in [-0.15, -0.1) is 6.58 Å². The van der Waals surface area contributed by atoms with Gasteiger partial charge in [0.25, 0.3) is 15.9 Å². The van der Waals surface area contributed by atoms with Gasteiger partial charge in [-0.05, 0) is 57.4 Å². The van der Waals surface area contributed by atoms with Crippen LogP contribution in [0.3, 0.4) is 0 Å². The lowest BCUT2D eigenvalue weighted by Gasteiger charge is -2.31. The lowest BCUT2D eigenvalue weighted by molar-refractivity contribution is -0.141. The summed E-state index contributed by atoms with van der Waals surface area (Å²) in [5.74, 6) is -2.17. The van der Waals surface area contributed by atoms with Crippen molar-refractivity contribution >= 4 is 44.7 Å². The molecule has 14 nitrogen and oxygen atoms in total. The molecule has 306 valence electrons. The number of nitrogens with one attached hydrogen (secondary N) is 3. The van der Waals surface area contributed by atoms with E-state index in [0.29, 0.717) is 28.1 Å². The topological polar surface area (TPSA) is 182 Å². The molecule has 3 N–H and O–H groups in total. The summed E-state index contributed by atoms with van der Waals surface area (Å²) >= 11 is 0. The van der Waals surface area contributed by atoms with Crippen LogP contribution in [0.5, 0.6) is 11.5 Å². The Morgan fingerprint density at radius 3 is 2.26 bits per heavy atom. The molecule has 2 heterocycles. The summed E-state index contributed by atoms with van der Waals surface area (Å²) in [5.41, 5.74) is -0.426. The van der Waals surface area contributed by atoms with E-state index in [2.05, 4.69) is 21.9 Å². The number of likely N-dealkylation sites (tertiary alicyclic amines) is 1. The van der Waals surface area contributed by atoms with Crippen molar-refractivity contribution < 1.29 is 41.8 Å². The first-order valence-electron chi connectivity index (χ1n) is 19.0. The number of methoxy groups -OCH3 is 1. The quantitative estimate of drug-likeness (QED) is 0.149. The van der Waals surface area contributed by atoms with Crippen molar-refractivity contribution in [1.29, 1.82) is 0 Å². The molecule has 0 spiro atoms. The molecule has 58 heavy (non-hydrogen) atoms. The molecular formula is C43H49N5O9S. The molecule has 0 radical (unpaired) electrons. The van der Waals surface area contributed by atoms with Gasteiger partial charge >= 0.3 is 6.09 Å². The van der Waals surface area contributed by atoms with E-state index in [1.807, 2.05) is 36.4 Å². The number of fused-ring (bicyclic) bond motifs is 1. The number of rotatable bonds is 13. The Balaban J connectivity index is 1.33. The van der Waals surface area contributed by atoms with E-state index in [1.165, 1.54) is 35.2 Å². The number of amides is 4. The van der Waals surface area contributed by atoms with E-state index in [9.17, 15) is 27.6 Å². The SMILES string of the molecule is C=CC1C[C@]1(NC(=O)[C@@H]1C[C@@H](Oc2cc(-c3ccccc3)nc3cc(OC)ccc23)CN1C(=O)C(NC(=O)OC(C)(C)C)C(C)C)C(=O)NS(=O)(=O)c1ccccc1. The van der Waals surface area contributed by atoms with Gasteiger partial charge in [-0.2, -0.15) is 0 Å². The second kappa shape index (κ2) is 16.5. The summed E-state index contributed by atoms with van der Waals surface area (Å²) in [7, 11) is -2.72. The maximum atomic E-state index is 14.5. The predicted molar refractivity (Wildman–Crippen MR) is 217 cm³/mol. The van der Waals surface area contributed by atoms with Crippen LogP contribution in [-0.4, -0.2) is 85.1 Å². The largest absolute Gasteiger partial charge is 0.497 e. The number of hydrogen-bond donors (Lipinski definition) is 3. The molecule has 1 aliphatic carbocycles. The summed E-state index contributed by atoms with van der Waals surface area (Å²) in [5, 5.41) is 6.14. The number of aromatic nitrogens is 1. The van der Waals surface area contributed by atoms with Crippen LogP contribution in [0, 0.1) is 11.8 Å². The Morgan fingerprint density at radius 1 is 0.983 bits per heavy atom. The molecule has 1 aromatic heterocycles. The first-order valence-corrected chi connectivity index (χ1v) is 20.5. The Morgan fingerprint density at radius 2 is 1.66 bits per heavy atom. The zero-order valence-corrected chi connectivity index (χ0v) is 34.2. The normalized spacial score (nSPS) is 20.8. The Labute approximate surface area is 338 Å². The molecule has 2 unspecified atom stereocenters. The highest BCUT2D eigenvalue weighted by molar-refractivity contribution is 7.90. The molecule has 4 amide bonds. The second-order valence-corrected chi connectivity index (χ2v) is 17.5. The lowest BCUT2D eigenvalue weighted by Crippen LogP contribution is -2.59. The fourth-order valence-electron chi connectivity index (χ4n) is 7.05. The number of nitrogens with zero attached hydrogens (tertiary/aromatic N) is 2. The molecule has 1 aliphatic heterocycles. The number of ether oxygens (including phenoxy) is 3. The average Bonchev–Trinajstić information content (AvgIpc) is 3.74. The van der Waals surface area contributed by atoms with Crippen molar-refractivity contribution in [2.45, 2.75) is 81.7 Å². The smallest absolute Gasteiger partial charge is 0.408 e. The van der Waals surface area contributed by atoms with Crippen LogP contribution in [-0.2, 0) is 29.1 Å². The number of carbonyl (C=O) groups excluding carboxylic acids is 4. The molecular weight excluding hydrogens is 763 g/mol. The van der Waals surface area contributed by atoms with Crippen molar-refractivity contribution in [3.8, 4) is 22.8 Å². The molecule has 4 aromatic rings. The number of carbonyl (C=O) groups is 4. The molecule has 2 aliphatic rings. The van der Waals surface area contributed by atoms with Gasteiger partial charge in [0.2, 0.25) is 11.8 Å². The minimum absolute atomic E-state index is 0.00572. The van der Waals surface area contributed by atoms with Crippen molar-refractivity contribution in [1.82, 2.24) is 25.2 Å². The van der Waals surface area contributed by atoms with Crippen LogP contribution in [0.4, 0.5) is 4.79 Å². The molecule has 2 fully saturated rings. The molecule has 3 aromatic carbocycles. The van der Waals surface area contributed by atoms with Crippen LogP contribution < -0.4 is 24.8 Å². The van der Waals surface area contributed by atoms with Gasteiger partial charge in [-0.1, -0.05) is 68.5 Å². The van der Waals surface area contributed by atoms with Gasteiger partial charge in [-0.25, -0.2) is 22.9 Å². The van der Waals surface area contributed by atoms with Crippen molar-refractivity contribution in [3.63, 3.8) is 0 Å². The monoisotopic (exact) mass is 811 g/mol. The summed E-state index contributed by atoms with van der Waals surface area (Å²) in [6.45, 7) is 12.3. The van der Waals surface area contributed by atoms with Crippen LogP contribution in [0.25, 0.3) is 22.2 Å². The Bertz CT molecular complexity index is 2320. The number of pyridine rings is 1. The first kappa shape index (κ1) is 41.7. The van der Waals surface area contributed by atoms with Crippen LogP contribution in [0.2, 0.25) is 0 Å². The Kier molecular flexibility index (Phi) is 11.8. The second-order valence-electron chi connectivity index (χ2n) is 15.9. The standard InChI is InChI=1S/C43H49N5O9S/c1-8-28-24-43(28,40(51)47-58(53,54)31-17-13-10-14-18-31)46-38(49)35-22-30(25-48(35)39(50)37(26(2)3)45-41(52)57-42(4,5)6)56-36-23-33(27-15-11-9-12-16-27)44-34-21-29(55-7)19-20-32(34)36/h8-21,23,26,28,30,35,37H,1,22,24-25H2,2-7H3,(H,45,52)(H,46,49)(H,47,51)/t28?,30-,35+,37?,43-/m1/s1. The van der Waals surface area contributed by atoms with Crippen LogP contribution in [0.1, 0.15) is 47.5 Å². The fraction of sp³-hybridized carbons (Fsp3) is 0.372. The van der Waals surface area contributed by atoms with E-state index < -0.39 is 75.0 Å². The van der Waals surface area contributed by atoms with Gasteiger partial charge in [0.05, 0.1) is 29.8 Å². The van der Waals surface area contributed by atoms with Gasteiger partial charge < -0.3 is 29.7 Å². The third-order valence-corrected chi connectivity index (χ3v) is 11.5. The lowest BCUT2D eigenvalue weighted by atomic mass is 10.0. The van der Waals surface area contributed by atoms with Crippen molar-refractivity contribution in [2.75, 3.05) is 13.7 Å². The number of benzene rings is 3. The maximum Gasteiger partial charge on any atom is 0.408 e. The summed E-state index contributed by atoms with van der Waals surface area (Å²) < 4.78 is 46.1. The minimum Gasteiger partial charge on any atom is -0.497 e. The van der Waals surface area contributed by atoms with Crippen molar-refractivity contribution in [2.24, 2.45) is 11.8 Å². The molecule has 6 rings (SSSR count). The number of sulfonamides is 1. The summed E-state index contributed by atoms with van der Waals surface area (Å²) in [4.78, 5) is 61.8.